The molecule has 0 amide bonds. The van der Waals surface area contributed by atoms with Gasteiger partial charge in [-0.2, -0.15) is 0 Å². The van der Waals surface area contributed by atoms with Gasteiger partial charge in [-0.05, 0) is 32.1 Å². The smallest absolute Gasteiger partial charge is 0.324 e. The Morgan fingerprint density at radius 2 is 1.20 bits per heavy atom. The molecule has 0 saturated carbocycles. The van der Waals surface area contributed by atoms with Gasteiger partial charge in [-0.25, -0.2) is 0 Å². The fourth-order valence-electron chi connectivity index (χ4n) is 2.21. The van der Waals surface area contributed by atoms with Crippen LogP contribution in [-0.4, -0.2) is 15.9 Å². The van der Waals surface area contributed by atoms with Crippen molar-refractivity contribution in [3.63, 3.8) is 0 Å². The number of hydrogen-bond donors (Lipinski definition) is 2. The highest BCUT2D eigenvalue weighted by molar-refractivity contribution is 7.51. The highest BCUT2D eigenvalue weighted by atomic mass is 31.2. The first kappa shape index (κ1) is 19.9. The summed E-state index contributed by atoms with van der Waals surface area (Å²) in [6, 6.07) is 0. The summed E-state index contributed by atoms with van der Waals surface area (Å²) in [5.41, 5.74) is 0. The molecule has 0 bridgehead atoms. The van der Waals surface area contributed by atoms with Gasteiger partial charge in [-0.3, -0.25) is 4.57 Å². The van der Waals surface area contributed by atoms with E-state index in [1.54, 1.807) is 0 Å². The van der Waals surface area contributed by atoms with Crippen LogP contribution in [0.1, 0.15) is 84.0 Å². The number of hydrogen-bond acceptors (Lipinski definition) is 1. The zero-order chi connectivity index (χ0) is 15.1. The first-order valence-electron chi connectivity index (χ1n) is 8.26. The Morgan fingerprint density at radius 1 is 0.750 bits per heavy atom. The van der Waals surface area contributed by atoms with Crippen molar-refractivity contribution in [2.75, 3.05) is 6.16 Å². The fourth-order valence-corrected chi connectivity index (χ4v) is 2.85. The van der Waals surface area contributed by atoms with E-state index in [0.717, 1.165) is 12.8 Å². The SMILES string of the molecule is CCCCCCC=CCCCCCCCCP(=O)(O)O. The molecule has 20 heavy (non-hydrogen) atoms. The van der Waals surface area contributed by atoms with E-state index in [1.165, 1.54) is 57.8 Å². The van der Waals surface area contributed by atoms with Crippen molar-refractivity contribution >= 4 is 7.60 Å². The summed E-state index contributed by atoms with van der Waals surface area (Å²) >= 11 is 0. The molecule has 0 aliphatic rings. The second kappa shape index (κ2) is 13.9. The van der Waals surface area contributed by atoms with Gasteiger partial charge >= 0.3 is 7.60 Å². The van der Waals surface area contributed by atoms with E-state index in [4.69, 9.17) is 9.79 Å². The van der Waals surface area contributed by atoms with Gasteiger partial charge in [0, 0.05) is 6.16 Å². The van der Waals surface area contributed by atoms with E-state index < -0.39 is 7.60 Å². The number of allylic oxidation sites excluding steroid dienone is 2. The van der Waals surface area contributed by atoms with Crippen LogP contribution in [0.5, 0.6) is 0 Å². The lowest BCUT2D eigenvalue weighted by Crippen LogP contribution is -1.88. The van der Waals surface area contributed by atoms with Crippen molar-refractivity contribution in [1.82, 2.24) is 0 Å². The lowest BCUT2D eigenvalue weighted by Gasteiger charge is -2.03. The van der Waals surface area contributed by atoms with Crippen LogP contribution in [0.3, 0.4) is 0 Å². The van der Waals surface area contributed by atoms with Gasteiger partial charge in [0.1, 0.15) is 0 Å². The topological polar surface area (TPSA) is 57.5 Å². The molecule has 2 N–H and O–H groups in total. The molecule has 0 fully saturated rings. The Balaban J connectivity index is 3.13. The van der Waals surface area contributed by atoms with Crippen molar-refractivity contribution < 1.29 is 14.4 Å². The van der Waals surface area contributed by atoms with Crippen LogP contribution in [0.4, 0.5) is 0 Å². The summed E-state index contributed by atoms with van der Waals surface area (Å²) in [6.45, 7) is 2.24. The second-order valence-electron chi connectivity index (χ2n) is 5.62. The molecular formula is C16H33O3P. The Hall–Kier alpha value is -0.110. The average Bonchev–Trinajstić information content (AvgIpc) is 2.38. The quantitative estimate of drug-likeness (QED) is 0.256. The molecule has 3 nitrogen and oxygen atoms in total. The van der Waals surface area contributed by atoms with Crippen LogP contribution in [0.25, 0.3) is 0 Å². The first-order chi connectivity index (χ1) is 9.56. The molecule has 0 atom stereocenters. The van der Waals surface area contributed by atoms with E-state index in [9.17, 15) is 4.57 Å². The van der Waals surface area contributed by atoms with E-state index in [-0.39, 0.29) is 6.16 Å². The highest BCUT2D eigenvalue weighted by Crippen LogP contribution is 2.35. The van der Waals surface area contributed by atoms with Crippen molar-refractivity contribution in [2.24, 2.45) is 0 Å². The van der Waals surface area contributed by atoms with Crippen molar-refractivity contribution in [3.05, 3.63) is 12.2 Å². The summed E-state index contributed by atoms with van der Waals surface area (Å²) < 4.78 is 10.6. The van der Waals surface area contributed by atoms with E-state index in [0.29, 0.717) is 6.42 Å². The summed E-state index contributed by atoms with van der Waals surface area (Å²) in [7, 11) is -3.76. The Labute approximate surface area is 125 Å². The van der Waals surface area contributed by atoms with Crippen molar-refractivity contribution in [2.45, 2.75) is 84.0 Å². The molecule has 0 spiro atoms. The van der Waals surface area contributed by atoms with Crippen molar-refractivity contribution in [1.29, 1.82) is 0 Å². The Morgan fingerprint density at radius 3 is 1.70 bits per heavy atom. The fraction of sp³-hybridized carbons (Fsp3) is 0.875. The molecule has 0 radical (unpaired) electrons. The lowest BCUT2D eigenvalue weighted by atomic mass is 10.1. The van der Waals surface area contributed by atoms with Gasteiger partial charge < -0.3 is 9.79 Å². The standard InChI is InChI=1S/C16H33O3P/c1-2-3-4-5-6-7-8-9-10-11-12-13-14-15-16-20(17,18)19/h7-8H,2-6,9-16H2,1H3,(H2,17,18,19). The molecule has 4 heteroatoms. The summed E-state index contributed by atoms with van der Waals surface area (Å²) in [4.78, 5) is 17.4. The summed E-state index contributed by atoms with van der Waals surface area (Å²) in [5, 5.41) is 0. The van der Waals surface area contributed by atoms with Crippen LogP contribution >= 0.6 is 7.60 Å². The van der Waals surface area contributed by atoms with Gasteiger partial charge in [0.15, 0.2) is 0 Å². The van der Waals surface area contributed by atoms with Gasteiger partial charge in [0.25, 0.3) is 0 Å². The maximum absolute atomic E-state index is 10.6. The van der Waals surface area contributed by atoms with Crippen LogP contribution in [-0.2, 0) is 4.57 Å². The number of rotatable bonds is 14. The molecular weight excluding hydrogens is 271 g/mol. The third kappa shape index (κ3) is 17.9. The van der Waals surface area contributed by atoms with Gasteiger partial charge in [0.2, 0.25) is 0 Å². The van der Waals surface area contributed by atoms with Gasteiger partial charge in [0.05, 0.1) is 0 Å². The highest BCUT2D eigenvalue weighted by Gasteiger charge is 2.10. The predicted molar refractivity (Wildman–Crippen MR) is 87.1 cm³/mol. The molecule has 0 heterocycles. The molecule has 0 aromatic heterocycles. The van der Waals surface area contributed by atoms with Crippen LogP contribution in [0, 0.1) is 0 Å². The average molecular weight is 304 g/mol. The van der Waals surface area contributed by atoms with E-state index in [1.807, 2.05) is 0 Å². The largest absolute Gasteiger partial charge is 0.325 e. The molecule has 0 aliphatic heterocycles. The van der Waals surface area contributed by atoms with Crippen LogP contribution < -0.4 is 0 Å². The van der Waals surface area contributed by atoms with Gasteiger partial charge in [-0.15, -0.1) is 0 Å². The van der Waals surface area contributed by atoms with Gasteiger partial charge in [-0.1, -0.05) is 64.0 Å². The Kier molecular flexibility index (Phi) is 13.8. The Bertz CT molecular complexity index is 271. The molecule has 0 rings (SSSR count). The number of unbranched alkanes of at least 4 members (excludes halogenated alkanes) is 10. The maximum Gasteiger partial charge on any atom is 0.325 e. The normalized spacial score (nSPS) is 12.3. The van der Waals surface area contributed by atoms with E-state index >= 15 is 0 Å². The molecule has 0 aliphatic carbocycles. The van der Waals surface area contributed by atoms with Crippen molar-refractivity contribution in [3.8, 4) is 0 Å². The minimum absolute atomic E-state index is 0.0494. The van der Waals surface area contributed by atoms with Crippen LogP contribution in [0.15, 0.2) is 12.2 Å². The zero-order valence-electron chi connectivity index (χ0n) is 13.1. The molecule has 0 saturated heterocycles. The summed E-state index contributed by atoms with van der Waals surface area (Å²) in [6.07, 6.45) is 18.8. The third-order valence-electron chi connectivity index (χ3n) is 3.46. The third-order valence-corrected chi connectivity index (χ3v) is 4.36. The monoisotopic (exact) mass is 304 g/mol. The first-order valence-corrected chi connectivity index (χ1v) is 10.1. The molecule has 0 aromatic rings. The maximum atomic E-state index is 10.6. The minimum Gasteiger partial charge on any atom is -0.324 e. The molecule has 0 unspecified atom stereocenters. The minimum atomic E-state index is -3.76. The lowest BCUT2D eigenvalue weighted by molar-refractivity contribution is 0.370. The van der Waals surface area contributed by atoms with E-state index in [2.05, 4.69) is 19.1 Å². The molecule has 0 aromatic carbocycles. The second-order valence-corrected chi connectivity index (χ2v) is 7.40. The predicted octanol–water partition coefficient (Wildman–Crippen LogP) is 5.42. The summed E-state index contributed by atoms with van der Waals surface area (Å²) in [5.74, 6) is 0. The molecule has 120 valence electrons. The van der Waals surface area contributed by atoms with Crippen LogP contribution in [0.2, 0.25) is 0 Å². The zero-order valence-corrected chi connectivity index (χ0v) is 14.0.